The van der Waals surface area contributed by atoms with Crippen LogP contribution in [0.4, 0.5) is 0 Å². The molecule has 0 aliphatic carbocycles. The van der Waals surface area contributed by atoms with Gasteiger partial charge in [0.1, 0.15) is 0 Å². The number of primary amides is 1. The number of rotatable bonds is 5. The zero-order valence-corrected chi connectivity index (χ0v) is 20.0. The number of H-pyrrole nitrogens is 1. The van der Waals surface area contributed by atoms with Gasteiger partial charge in [0, 0.05) is 23.0 Å². The first kappa shape index (κ1) is 22.0. The van der Waals surface area contributed by atoms with E-state index in [4.69, 9.17) is 5.73 Å². The molecule has 3 N–H and O–H groups in total. The van der Waals surface area contributed by atoms with Gasteiger partial charge in [0.15, 0.2) is 9.84 Å². The van der Waals surface area contributed by atoms with E-state index in [0.717, 1.165) is 34.1 Å². The summed E-state index contributed by atoms with van der Waals surface area (Å²) in [6, 6.07) is 6.10. The first-order valence-corrected chi connectivity index (χ1v) is 12.9. The van der Waals surface area contributed by atoms with Crippen molar-refractivity contribution in [2.45, 2.75) is 43.9 Å². The molecule has 3 aromatic rings. The number of aromatic amines is 1. The normalized spacial score (nSPS) is 20.4. The lowest BCUT2D eigenvalue weighted by Gasteiger charge is -2.34. The van der Waals surface area contributed by atoms with E-state index in [0.29, 0.717) is 18.4 Å². The van der Waals surface area contributed by atoms with E-state index in [1.807, 2.05) is 26.4 Å². The molecular formula is C23H29N3O3S2. The lowest BCUT2D eigenvalue weighted by molar-refractivity contribution is 0.100. The number of thiophene rings is 1. The van der Waals surface area contributed by atoms with Crippen LogP contribution < -0.4 is 5.73 Å². The maximum Gasteiger partial charge on any atom is 0.250 e. The molecule has 166 valence electrons. The third-order valence-corrected chi connectivity index (χ3v) is 9.85. The van der Waals surface area contributed by atoms with Crippen LogP contribution in [-0.4, -0.2) is 48.8 Å². The number of nitrogens with zero attached hydrogens (tertiary/aromatic N) is 1. The summed E-state index contributed by atoms with van der Waals surface area (Å²) in [6.07, 6.45) is 3.06. The van der Waals surface area contributed by atoms with Gasteiger partial charge in [-0.2, -0.15) is 0 Å². The molecule has 1 atom stereocenters. The van der Waals surface area contributed by atoms with Gasteiger partial charge in [-0.25, -0.2) is 8.42 Å². The van der Waals surface area contributed by atoms with Crippen molar-refractivity contribution in [3.05, 3.63) is 45.8 Å². The van der Waals surface area contributed by atoms with Crippen LogP contribution in [0, 0.1) is 0 Å². The van der Waals surface area contributed by atoms with Crippen molar-refractivity contribution in [2.75, 3.05) is 19.8 Å². The molecule has 0 radical (unpaired) electrons. The highest BCUT2D eigenvalue weighted by atomic mass is 32.2. The van der Waals surface area contributed by atoms with Crippen LogP contribution in [0.3, 0.4) is 0 Å². The average molecular weight is 460 g/mol. The van der Waals surface area contributed by atoms with Crippen LogP contribution in [0.25, 0.3) is 22.0 Å². The molecule has 3 heterocycles. The summed E-state index contributed by atoms with van der Waals surface area (Å²) in [5, 5.41) is 3.06. The second kappa shape index (κ2) is 7.76. The van der Waals surface area contributed by atoms with Gasteiger partial charge in [0.05, 0.1) is 21.6 Å². The minimum atomic E-state index is -3.11. The molecule has 31 heavy (non-hydrogen) atoms. The second-order valence-electron chi connectivity index (χ2n) is 9.36. The molecule has 1 fully saturated rings. The predicted molar refractivity (Wildman–Crippen MR) is 127 cm³/mol. The Balaban J connectivity index is 1.81. The van der Waals surface area contributed by atoms with E-state index < -0.39 is 20.5 Å². The molecule has 1 aliphatic rings. The van der Waals surface area contributed by atoms with Gasteiger partial charge in [-0.05, 0) is 87.0 Å². The molecule has 1 aromatic carbocycles. The summed E-state index contributed by atoms with van der Waals surface area (Å²) in [7, 11) is 0.967. The minimum Gasteiger partial charge on any atom is -0.366 e. The van der Waals surface area contributed by atoms with Gasteiger partial charge in [0.2, 0.25) is 0 Å². The Labute approximate surface area is 187 Å². The highest BCUT2D eigenvalue weighted by Crippen LogP contribution is 2.43. The maximum absolute atomic E-state index is 12.5. The first-order chi connectivity index (χ1) is 14.5. The minimum absolute atomic E-state index is 0.107. The fraction of sp³-hybridized carbons (Fsp3) is 0.435. The van der Waals surface area contributed by atoms with Crippen LogP contribution in [0.2, 0.25) is 0 Å². The summed E-state index contributed by atoms with van der Waals surface area (Å²) in [5.74, 6) is -0.191. The highest BCUT2D eigenvalue weighted by molar-refractivity contribution is 7.92. The molecular weight excluding hydrogens is 430 g/mol. The van der Waals surface area contributed by atoms with Crippen molar-refractivity contribution in [3.63, 3.8) is 0 Å². The summed E-state index contributed by atoms with van der Waals surface area (Å²) in [4.78, 5) is 18.8. The van der Waals surface area contributed by atoms with E-state index in [1.54, 1.807) is 25.2 Å². The van der Waals surface area contributed by atoms with Gasteiger partial charge in [0.25, 0.3) is 5.91 Å². The monoisotopic (exact) mass is 459 g/mol. The van der Waals surface area contributed by atoms with E-state index in [9.17, 15) is 13.2 Å². The second-order valence-corrected chi connectivity index (χ2v) is 13.1. The zero-order valence-electron chi connectivity index (χ0n) is 18.4. The average Bonchev–Trinajstić information content (AvgIpc) is 3.29. The maximum atomic E-state index is 12.5. The third kappa shape index (κ3) is 4.04. The fourth-order valence-corrected chi connectivity index (χ4v) is 7.15. The molecule has 4 rings (SSSR count). The summed E-state index contributed by atoms with van der Waals surface area (Å²) in [5.41, 5.74) is 9.98. The van der Waals surface area contributed by atoms with Crippen LogP contribution >= 0.6 is 11.3 Å². The lowest BCUT2D eigenvalue weighted by Crippen LogP contribution is -2.40. The molecule has 0 bridgehead atoms. The third-order valence-electron chi connectivity index (χ3n) is 6.30. The number of nitrogens with two attached hydrogens (primary N) is 1. The Bertz CT molecular complexity index is 1250. The molecule has 6 nitrogen and oxygen atoms in total. The Hall–Kier alpha value is -2.16. The quantitative estimate of drug-likeness (QED) is 0.600. The fourth-order valence-electron chi connectivity index (χ4n) is 4.54. The number of sulfone groups is 1. The van der Waals surface area contributed by atoms with E-state index in [1.165, 1.54) is 4.88 Å². The van der Waals surface area contributed by atoms with Gasteiger partial charge in [-0.1, -0.05) is 0 Å². The highest BCUT2D eigenvalue weighted by Gasteiger charge is 2.41. The van der Waals surface area contributed by atoms with Crippen LogP contribution in [0.1, 0.15) is 53.4 Å². The molecule has 1 aliphatic heterocycles. The standard InChI is InChI=1S/C23H29N3O3S2/c1-23(2)10-14(5-6-31(23,28)29)20-11-25-21-18(20)8-15(9-19(21)22(24)27)16-7-17(30-13-16)12-26(3)4/h7-9,11,13-14,25H,5-6,10,12H2,1-4H3,(H2,24,27). The lowest BCUT2D eigenvalue weighted by atomic mass is 9.86. The van der Waals surface area contributed by atoms with E-state index in [-0.39, 0.29) is 11.7 Å². The van der Waals surface area contributed by atoms with Crippen molar-refractivity contribution < 1.29 is 13.2 Å². The van der Waals surface area contributed by atoms with E-state index in [2.05, 4.69) is 27.4 Å². The van der Waals surface area contributed by atoms with Crippen molar-refractivity contribution in [2.24, 2.45) is 5.73 Å². The largest absolute Gasteiger partial charge is 0.366 e. The van der Waals surface area contributed by atoms with Gasteiger partial charge >= 0.3 is 0 Å². The SMILES string of the molecule is CN(C)Cc1cc(-c2cc(C(N)=O)c3[nH]cc(C4CCS(=O)(=O)C(C)(C)C4)c3c2)cs1. The zero-order chi connectivity index (χ0) is 22.6. The Kier molecular flexibility index (Phi) is 5.52. The van der Waals surface area contributed by atoms with Crippen LogP contribution in [-0.2, 0) is 16.4 Å². The number of fused-ring (bicyclic) bond motifs is 1. The smallest absolute Gasteiger partial charge is 0.250 e. The van der Waals surface area contributed by atoms with Crippen molar-refractivity contribution in [1.29, 1.82) is 0 Å². The number of nitrogens with one attached hydrogen (secondary N) is 1. The Morgan fingerprint density at radius 2 is 2.00 bits per heavy atom. The van der Waals surface area contributed by atoms with Crippen molar-refractivity contribution in [3.8, 4) is 11.1 Å². The Morgan fingerprint density at radius 1 is 1.26 bits per heavy atom. The summed E-state index contributed by atoms with van der Waals surface area (Å²) < 4.78 is 24.2. The molecule has 0 saturated carbocycles. The predicted octanol–water partition coefficient (Wildman–Crippen LogP) is 4.13. The van der Waals surface area contributed by atoms with Gasteiger partial charge in [-0.3, -0.25) is 4.79 Å². The first-order valence-electron chi connectivity index (χ1n) is 10.4. The van der Waals surface area contributed by atoms with Crippen molar-refractivity contribution in [1.82, 2.24) is 9.88 Å². The molecule has 1 unspecified atom stereocenters. The summed E-state index contributed by atoms with van der Waals surface area (Å²) in [6.45, 7) is 4.47. The number of amides is 1. The molecule has 2 aromatic heterocycles. The van der Waals surface area contributed by atoms with Gasteiger partial charge in [-0.15, -0.1) is 11.3 Å². The Morgan fingerprint density at radius 3 is 2.65 bits per heavy atom. The molecule has 0 spiro atoms. The topological polar surface area (TPSA) is 96.3 Å². The van der Waals surface area contributed by atoms with Crippen LogP contribution in [0.5, 0.6) is 0 Å². The van der Waals surface area contributed by atoms with Crippen LogP contribution in [0.15, 0.2) is 29.8 Å². The van der Waals surface area contributed by atoms with Gasteiger partial charge < -0.3 is 15.6 Å². The van der Waals surface area contributed by atoms with Crippen molar-refractivity contribution >= 4 is 38.0 Å². The number of hydrogen-bond donors (Lipinski definition) is 2. The summed E-state index contributed by atoms with van der Waals surface area (Å²) >= 11 is 1.69. The number of hydrogen-bond acceptors (Lipinski definition) is 5. The number of aromatic nitrogens is 1. The molecule has 1 saturated heterocycles. The number of carbonyl (C=O) groups is 1. The number of carbonyl (C=O) groups excluding carboxylic acids is 1. The molecule has 1 amide bonds. The molecule has 8 heteroatoms. The number of benzene rings is 1. The van der Waals surface area contributed by atoms with E-state index >= 15 is 0 Å².